The van der Waals surface area contributed by atoms with Crippen molar-refractivity contribution in [1.82, 2.24) is 0 Å². The molecule has 4 nitrogen and oxygen atoms in total. The van der Waals surface area contributed by atoms with Gasteiger partial charge in [-0.3, -0.25) is 0 Å². The Morgan fingerprint density at radius 2 is 1.53 bits per heavy atom. The third-order valence-electron chi connectivity index (χ3n) is 1.74. The number of hydrogen-bond donors (Lipinski definition) is 1. The van der Waals surface area contributed by atoms with Crippen LogP contribution in [0.4, 0.5) is 0 Å². The Labute approximate surface area is 95.1 Å². The summed E-state index contributed by atoms with van der Waals surface area (Å²) >= 11 is 0. The van der Waals surface area contributed by atoms with E-state index in [1.165, 1.54) is 0 Å². The van der Waals surface area contributed by atoms with Gasteiger partial charge in [0.05, 0.1) is 6.61 Å². The van der Waals surface area contributed by atoms with Gasteiger partial charge in [0.1, 0.15) is 0 Å². The highest BCUT2D eigenvalue weighted by molar-refractivity contribution is 6.36. The van der Waals surface area contributed by atoms with Gasteiger partial charge in [-0.25, -0.2) is 0 Å². The maximum atomic E-state index is 5.77. The van der Waals surface area contributed by atoms with Crippen LogP contribution in [0.5, 0.6) is 0 Å². The molecule has 0 aliphatic heterocycles. The average molecular weight is 235 g/mol. The van der Waals surface area contributed by atoms with Gasteiger partial charge in [0, 0.05) is 18.2 Å². The molecule has 92 valence electrons. The molecule has 0 saturated carbocycles. The molecular weight excluding hydrogens is 210 g/mol. The molecule has 0 rings (SSSR count). The molecular formula is C10H25NO3Si. The first-order chi connectivity index (χ1) is 6.95. The summed E-state index contributed by atoms with van der Waals surface area (Å²) in [5.41, 5.74) is 5.77. The summed E-state index contributed by atoms with van der Waals surface area (Å²) in [6.45, 7) is 10.5. The molecule has 0 aromatic heterocycles. The molecule has 1 unspecified atom stereocenters. The minimum absolute atomic E-state index is 0.0755. The molecule has 0 aliphatic rings. The highest BCUT2D eigenvalue weighted by atomic mass is 28.3. The van der Waals surface area contributed by atoms with Gasteiger partial charge in [-0.1, -0.05) is 6.92 Å². The second-order valence-corrected chi connectivity index (χ2v) is 5.62. The zero-order chi connectivity index (χ0) is 11.8. The van der Waals surface area contributed by atoms with Crippen molar-refractivity contribution in [2.24, 2.45) is 5.73 Å². The summed E-state index contributed by atoms with van der Waals surface area (Å²) < 4.78 is 16.8. The largest absolute Gasteiger partial charge is 0.484 e. The second kappa shape index (κ2) is 8.24. The van der Waals surface area contributed by atoms with Crippen LogP contribution >= 0.6 is 0 Å². The van der Waals surface area contributed by atoms with Gasteiger partial charge in [0.15, 0.2) is 0 Å². The summed E-state index contributed by atoms with van der Waals surface area (Å²) in [6, 6.07) is 0.0755. The Morgan fingerprint density at radius 1 is 1.07 bits per heavy atom. The lowest BCUT2D eigenvalue weighted by atomic mass is 10.3. The molecule has 0 radical (unpaired) electrons. The van der Waals surface area contributed by atoms with E-state index in [9.17, 15) is 0 Å². The van der Waals surface area contributed by atoms with Gasteiger partial charge >= 0.3 is 9.53 Å². The Hall–Kier alpha value is 0.0569. The fraction of sp³-hybridized carbons (Fsp3) is 1.00. The molecule has 0 bridgehead atoms. The van der Waals surface area contributed by atoms with E-state index in [0.717, 1.165) is 6.42 Å². The Bertz CT molecular complexity index is 146. The Morgan fingerprint density at radius 3 is 1.87 bits per heavy atom. The topological polar surface area (TPSA) is 53.7 Å². The van der Waals surface area contributed by atoms with E-state index in [1.807, 2.05) is 34.6 Å². The summed E-state index contributed by atoms with van der Waals surface area (Å²) in [6.07, 6.45) is 1.18. The molecule has 0 aromatic rings. The first kappa shape index (κ1) is 15.1. The molecule has 0 heterocycles. The Balaban J connectivity index is 3.89. The van der Waals surface area contributed by atoms with Crippen LogP contribution in [0.15, 0.2) is 0 Å². The zero-order valence-corrected chi connectivity index (χ0v) is 11.7. The number of rotatable bonds is 8. The highest BCUT2D eigenvalue weighted by Crippen LogP contribution is 2.02. The molecule has 1 atom stereocenters. The minimum atomic E-state index is -2.00. The number of hydrogen-bond acceptors (Lipinski definition) is 4. The number of nitrogens with two attached hydrogens (primary N) is 1. The van der Waals surface area contributed by atoms with Crippen molar-refractivity contribution in [1.29, 1.82) is 0 Å². The lowest BCUT2D eigenvalue weighted by Crippen LogP contribution is -2.37. The first-order valence-corrected chi connectivity index (χ1v) is 7.05. The summed E-state index contributed by atoms with van der Waals surface area (Å²) in [4.78, 5) is 0. The van der Waals surface area contributed by atoms with E-state index in [-0.39, 0.29) is 18.2 Å². The van der Waals surface area contributed by atoms with Crippen LogP contribution in [-0.4, -0.2) is 34.4 Å². The molecule has 0 amide bonds. The van der Waals surface area contributed by atoms with Crippen LogP contribution in [0.25, 0.3) is 0 Å². The van der Waals surface area contributed by atoms with Crippen molar-refractivity contribution in [3.63, 3.8) is 0 Å². The first-order valence-electron chi connectivity index (χ1n) is 5.63. The Kier molecular flexibility index (Phi) is 8.27. The van der Waals surface area contributed by atoms with Crippen LogP contribution in [0, 0.1) is 0 Å². The molecule has 15 heavy (non-hydrogen) atoms. The summed E-state index contributed by atoms with van der Waals surface area (Å²) in [5.74, 6) is 0. The highest BCUT2D eigenvalue weighted by Gasteiger charge is 2.19. The molecule has 0 spiro atoms. The predicted octanol–water partition coefficient (Wildman–Crippen LogP) is 1.31. The lowest BCUT2D eigenvalue weighted by molar-refractivity contribution is 0.0470. The smallest absolute Gasteiger partial charge is 0.374 e. The normalized spacial score (nSPS) is 14.2. The molecule has 0 saturated heterocycles. The van der Waals surface area contributed by atoms with Crippen LogP contribution in [-0.2, 0) is 13.3 Å². The maximum absolute atomic E-state index is 5.77. The van der Waals surface area contributed by atoms with E-state index in [0.29, 0.717) is 6.61 Å². The molecule has 0 fully saturated rings. The SMILES string of the molecule is CCC(N)CO[SiH](OC(C)C)OC(C)C. The van der Waals surface area contributed by atoms with E-state index in [1.54, 1.807) is 0 Å². The molecule has 0 aromatic carbocycles. The maximum Gasteiger partial charge on any atom is 0.484 e. The third-order valence-corrected chi connectivity index (χ3v) is 3.74. The van der Waals surface area contributed by atoms with Crippen molar-refractivity contribution in [3.05, 3.63) is 0 Å². The van der Waals surface area contributed by atoms with Crippen molar-refractivity contribution in [2.45, 2.75) is 59.3 Å². The molecule has 5 heteroatoms. The molecule has 2 N–H and O–H groups in total. The van der Waals surface area contributed by atoms with Gasteiger partial charge in [0.25, 0.3) is 0 Å². The van der Waals surface area contributed by atoms with Crippen LogP contribution in [0.2, 0.25) is 0 Å². The van der Waals surface area contributed by atoms with E-state index in [4.69, 9.17) is 19.0 Å². The van der Waals surface area contributed by atoms with Gasteiger partial charge < -0.3 is 19.0 Å². The second-order valence-electron chi connectivity index (χ2n) is 4.16. The third kappa shape index (κ3) is 9.01. The van der Waals surface area contributed by atoms with Crippen molar-refractivity contribution >= 4 is 9.53 Å². The van der Waals surface area contributed by atoms with Crippen LogP contribution < -0.4 is 5.73 Å². The van der Waals surface area contributed by atoms with E-state index in [2.05, 4.69) is 0 Å². The summed E-state index contributed by atoms with van der Waals surface area (Å²) in [7, 11) is -2.00. The predicted molar refractivity (Wildman–Crippen MR) is 63.8 cm³/mol. The standard InChI is InChI=1S/C10H25NO3Si/c1-6-10(11)7-12-15(13-8(2)3)14-9(4)5/h8-10,15H,6-7,11H2,1-5H3. The molecule has 0 aliphatic carbocycles. The van der Waals surface area contributed by atoms with Crippen molar-refractivity contribution in [3.8, 4) is 0 Å². The van der Waals surface area contributed by atoms with Gasteiger partial charge in [0.2, 0.25) is 0 Å². The van der Waals surface area contributed by atoms with Crippen LogP contribution in [0.1, 0.15) is 41.0 Å². The quantitative estimate of drug-likeness (QED) is 0.645. The summed E-state index contributed by atoms with van der Waals surface area (Å²) in [5, 5.41) is 0. The van der Waals surface area contributed by atoms with Gasteiger partial charge in [-0.15, -0.1) is 0 Å². The van der Waals surface area contributed by atoms with Crippen LogP contribution in [0.3, 0.4) is 0 Å². The van der Waals surface area contributed by atoms with Gasteiger partial charge in [-0.05, 0) is 34.1 Å². The minimum Gasteiger partial charge on any atom is -0.374 e. The fourth-order valence-corrected chi connectivity index (χ4v) is 2.39. The monoisotopic (exact) mass is 235 g/mol. The lowest BCUT2D eigenvalue weighted by Gasteiger charge is -2.22. The zero-order valence-electron chi connectivity index (χ0n) is 10.5. The fourth-order valence-electron chi connectivity index (χ4n) is 0.875. The van der Waals surface area contributed by atoms with Gasteiger partial charge in [-0.2, -0.15) is 0 Å². The average Bonchev–Trinajstić information content (AvgIpc) is 2.11. The van der Waals surface area contributed by atoms with Crippen molar-refractivity contribution in [2.75, 3.05) is 6.61 Å². The van der Waals surface area contributed by atoms with Crippen molar-refractivity contribution < 1.29 is 13.3 Å². The van der Waals surface area contributed by atoms with E-state index < -0.39 is 9.53 Å². The van der Waals surface area contributed by atoms with E-state index >= 15 is 0 Å².